The first-order valence-electron chi connectivity index (χ1n) is 10.4. The van der Waals surface area contributed by atoms with Crippen LogP contribution in [0.2, 0.25) is 5.02 Å². The summed E-state index contributed by atoms with van der Waals surface area (Å²) in [4.78, 5) is 27.7. The first-order chi connectivity index (χ1) is 14.1. The van der Waals surface area contributed by atoms with Crippen molar-refractivity contribution in [1.29, 1.82) is 0 Å². The maximum Gasteiger partial charge on any atom is 0.242 e. The third-order valence-corrected chi connectivity index (χ3v) is 5.35. The molecule has 0 saturated heterocycles. The average molecular weight is 415 g/mol. The molecule has 1 N–H and O–H groups in total. The van der Waals surface area contributed by atoms with Crippen molar-refractivity contribution in [2.24, 2.45) is 0 Å². The Hall–Kier alpha value is -2.33. The molecule has 2 rings (SSSR count). The van der Waals surface area contributed by atoms with Crippen LogP contribution < -0.4 is 5.32 Å². The molecule has 0 aliphatic carbocycles. The highest BCUT2D eigenvalue weighted by molar-refractivity contribution is 6.31. The number of benzene rings is 2. The number of nitrogens with one attached hydrogen (secondary N) is 1. The normalized spacial score (nSPS) is 11.7. The van der Waals surface area contributed by atoms with Crippen LogP contribution in [0, 0.1) is 0 Å². The monoisotopic (exact) mass is 414 g/mol. The Labute approximate surface area is 179 Å². The molecular weight excluding hydrogens is 384 g/mol. The molecule has 0 aliphatic rings. The van der Waals surface area contributed by atoms with Gasteiger partial charge in [-0.3, -0.25) is 9.59 Å². The van der Waals surface area contributed by atoms with Crippen molar-refractivity contribution >= 4 is 23.4 Å². The lowest BCUT2D eigenvalue weighted by molar-refractivity contribution is -0.141. The van der Waals surface area contributed by atoms with E-state index in [4.69, 9.17) is 11.6 Å². The van der Waals surface area contributed by atoms with Crippen molar-refractivity contribution < 1.29 is 9.59 Å². The van der Waals surface area contributed by atoms with Gasteiger partial charge in [0.05, 0.1) is 0 Å². The molecule has 156 valence electrons. The molecule has 1 unspecified atom stereocenters. The summed E-state index contributed by atoms with van der Waals surface area (Å²) in [5.74, 6) is -0.116. The molecule has 0 fully saturated rings. The molecule has 29 heavy (non-hydrogen) atoms. The molecule has 4 nitrogen and oxygen atoms in total. The van der Waals surface area contributed by atoms with Crippen LogP contribution in [-0.4, -0.2) is 29.3 Å². The standard InChI is InChI=1S/C24H31ClN2O2/c1-3-5-17-26-24(29)22(4-2)27(18-19-11-7-6-8-12-19)23(28)16-15-20-13-9-10-14-21(20)25/h6-14,22H,3-5,15-18H2,1-2H3,(H,26,29). The van der Waals surface area contributed by atoms with E-state index in [-0.39, 0.29) is 11.8 Å². The number of carbonyl (C=O) groups is 2. The zero-order chi connectivity index (χ0) is 21.1. The lowest BCUT2D eigenvalue weighted by Gasteiger charge is -2.31. The van der Waals surface area contributed by atoms with E-state index in [2.05, 4.69) is 12.2 Å². The van der Waals surface area contributed by atoms with Crippen LogP contribution in [-0.2, 0) is 22.6 Å². The Kier molecular flexibility index (Phi) is 9.72. The van der Waals surface area contributed by atoms with E-state index in [9.17, 15) is 9.59 Å². The number of amides is 2. The molecule has 0 spiro atoms. The summed E-state index contributed by atoms with van der Waals surface area (Å²) in [6, 6.07) is 16.9. The Bertz CT molecular complexity index is 779. The molecule has 0 radical (unpaired) electrons. The fourth-order valence-electron chi connectivity index (χ4n) is 3.29. The predicted molar refractivity (Wildman–Crippen MR) is 119 cm³/mol. The fraction of sp³-hybridized carbons (Fsp3) is 0.417. The molecule has 2 aromatic rings. The molecule has 2 aromatic carbocycles. The minimum Gasteiger partial charge on any atom is -0.354 e. The van der Waals surface area contributed by atoms with Crippen molar-refractivity contribution in [3.05, 3.63) is 70.7 Å². The lowest BCUT2D eigenvalue weighted by Crippen LogP contribution is -2.49. The first-order valence-corrected chi connectivity index (χ1v) is 10.8. The van der Waals surface area contributed by atoms with E-state index >= 15 is 0 Å². The highest BCUT2D eigenvalue weighted by Crippen LogP contribution is 2.19. The molecule has 0 heterocycles. The predicted octanol–water partition coefficient (Wildman–Crippen LogP) is 5.00. The van der Waals surface area contributed by atoms with Crippen molar-refractivity contribution in [2.75, 3.05) is 6.54 Å². The van der Waals surface area contributed by atoms with Gasteiger partial charge in [-0.1, -0.05) is 80.4 Å². The van der Waals surface area contributed by atoms with Crippen LogP contribution >= 0.6 is 11.6 Å². The SMILES string of the molecule is CCCCNC(=O)C(CC)N(Cc1ccccc1)C(=O)CCc1ccccc1Cl. The van der Waals surface area contributed by atoms with Gasteiger partial charge in [-0.15, -0.1) is 0 Å². The molecule has 5 heteroatoms. The van der Waals surface area contributed by atoms with Gasteiger partial charge in [-0.25, -0.2) is 0 Å². The first kappa shape index (κ1) is 23.0. The molecule has 2 amide bonds. The molecule has 1 atom stereocenters. The minimum absolute atomic E-state index is 0.0359. The second-order valence-corrected chi connectivity index (χ2v) is 7.57. The summed E-state index contributed by atoms with van der Waals surface area (Å²) in [6.07, 6.45) is 3.39. The highest BCUT2D eigenvalue weighted by Gasteiger charge is 2.28. The van der Waals surface area contributed by atoms with Gasteiger partial charge in [0, 0.05) is 24.5 Å². The fourth-order valence-corrected chi connectivity index (χ4v) is 3.52. The summed E-state index contributed by atoms with van der Waals surface area (Å²) in [6.45, 7) is 5.09. The number of hydrogen-bond donors (Lipinski definition) is 1. The van der Waals surface area contributed by atoms with Gasteiger partial charge in [0.2, 0.25) is 11.8 Å². The summed E-state index contributed by atoms with van der Waals surface area (Å²) in [5.41, 5.74) is 1.96. The zero-order valence-corrected chi connectivity index (χ0v) is 18.1. The molecule has 0 bridgehead atoms. The third-order valence-electron chi connectivity index (χ3n) is 4.98. The number of halogens is 1. The van der Waals surface area contributed by atoms with E-state index < -0.39 is 6.04 Å². The van der Waals surface area contributed by atoms with E-state index in [1.807, 2.05) is 61.5 Å². The molecule has 0 aromatic heterocycles. The van der Waals surface area contributed by atoms with Crippen molar-refractivity contribution in [3.63, 3.8) is 0 Å². The smallest absolute Gasteiger partial charge is 0.242 e. The summed E-state index contributed by atoms with van der Waals surface area (Å²) < 4.78 is 0. The van der Waals surface area contributed by atoms with Gasteiger partial charge in [0.25, 0.3) is 0 Å². The van der Waals surface area contributed by atoms with Crippen LogP contribution in [0.5, 0.6) is 0 Å². The van der Waals surface area contributed by atoms with Crippen LogP contribution in [0.15, 0.2) is 54.6 Å². The van der Waals surface area contributed by atoms with E-state index in [0.29, 0.717) is 37.4 Å². The second kappa shape index (κ2) is 12.3. The zero-order valence-electron chi connectivity index (χ0n) is 17.4. The van der Waals surface area contributed by atoms with Crippen molar-refractivity contribution in [2.45, 2.75) is 58.5 Å². The van der Waals surface area contributed by atoms with E-state index in [0.717, 1.165) is 24.0 Å². The van der Waals surface area contributed by atoms with Gasteiger partial charge in [-0.2, -0.15) is 0 Å². The molecule has 0 saturated carbocycles. The number of unbranched alkanes of at least 4 members (excludes halogenated alkanes) is 1. The summed E-state index contributed by atoms with van der Waals surface area (Å²) in [5, 5.41) is 3.65. The third kappa shape index (κ3) is 7.21. The Morgan fingerprint density at radius 1 is 1.03 bits per heavy atom. The minimum atomic E-state index is -0.481. The molecule has 0 aliphatic heterocycles. The number of hydrogen-bond acceptors (Lipinski definition) is 2. The maximum absolute atomic E-state index is 13.2. The summed E-state index contributed by atoms with van der Waals surface area (Å²) >= 11 is 6.24. The highest BCUT2D eigenvalue weighted by atomic mass is 35.5. The quantitative estimate of drug-likeness (QED) is 0.526. The van der Waals surface area contributed by atoms with Gasteiger partial charge in [-0.05, 0) is 36.5 Å². The van der Waals surface area contributed by atoms with Crippen LogP contribution in [0.3, 0.4) is 0 Å². The van der Waals surface area contributed by atoms with Gasteiger partial charge >= 0.3 is 0 Å². The number of rotatable bonds is 11. The van der Waals surface area contributed by atoms with Crippen LogP contribution in [0.1, 0.15) is 50.7 Å². The largest absolute Gasteiger partial charge is 0.354 e. The molecular formula is C24H31ClN2O2. The number of nitrogens with zero attached hydrogens (tertiary/aromatic N) is 1. The number of carbonyl (C=O) groups excluding carboxylic acids is 2. The van der Waals surface area contributed by atoms with Crippen LogP contribution in [0.4, 0.5) is 0 Å². The van der Waals surface area contributed by atoms with Gasteiger partial charge < -0.3 is 10.2 Å². The average Bonchev–Trinajstić information content (AvgIpc) is 2.73. The van der Waals surface area contributed by atoms with Crippen molar-refractivity contribution in [1.82, 2.24) is 10.2 Å². The second-order valence-electron chi connectivity index (χ2n) is 7.17. The van der Waals surface area contributed by atoms with Gasteiger partial charge in [0.1, 0.15) is 6.04 Å². The van der Waals surface area contributed by atoms with E-state index in [1.165, 1.54) is 0 Å². The Balaban J connectivity index is 2.15. The van der Waals surface area contributed by atoms with E-state index in [1.54, 1.807) is 4.90 Å². The van der Waals surface area contributed by atoms with Gasteiger partial charge in [0.15, 0.2) is 0 Å². The Morgan fingerprint density at radius 3 is 2.38 bits per heavy atom. The summed E-state index contributed by atoms with van der Waals surface area (Å²) in [7, 11) is 0. The Morgan fingerprint density at radius 2 is 1.72 bits per heavy atom. The lowest BCUT2D eigenvalue weighted by atomic mass is 10.1. The topological polar surface area (TPSA) is 49.4 Å². The van der Waals surface area contributed by atoms with Crippen molar-refractivity contribution in [3.8, 4) is 0 Å². The maximum atomic E-state index is 13.2. The number of aryl methyl sites for hydroxylation is 1. The van der Waals surface area contributed by atoms with Crippen LogP contribution in [0.25, 0.3) is 0 Å².